The van der Waals surface area contributed by atoms with Crippen LogP contribution in [0.1, 0.15) is 59.2 Å². The molecule has 2 aromatic carbocycles. The topological polar surface area (TPSA) is 176 Å². The summed E-state index contributed by atoms with van der Waals surface area (Å²) in [6.07, 6.45) is 5.54. The van der Waals surface area contributed by atoms with Crippen LogP contribution in [0.15, 0.2) is 36.4 Å². The van der Waals surface area contributed by atoms with E-state index in [1.807, 2.05) is 22.6 Å². The predicted molar refractivity (Wildman–Crippen MR) is 150 cm³/mol. The van der Waals surface area contributed by atoms with Gasteiger partial charge in [0.1, 0.15) is 22.6 Å². The second-order valence-electron chi connectivity index (χ2n) is 11.2. The maximum absolute atomic E-state index is 13.5. The van der Waals surface area contributed by atoms with Crippen LogP contribution in [0, 0.1) is 36.9 Å². The lowest BCUT2D eigenvalue weighted by atomic mass is 9.49. The first-order chi connectivity index (χ1) is 20.1. The Morgan fingerprint density at radius 1 is 0.977 bits per heavy atom. The Hall–Kier alpha value is -3.25. The van der Waals surface area contributed by atoms with Crippen molar-refractivity contribution in [1.82, 2.24) is 0 Å². The molecule has 1 N–H and O–H groups in total. The van der Waals surface area contributed by atoms with Crippen molar-refractivity contribution in [1.29, 1.82) is 0 Å². The summed E-state index contributed by atoms with van der Waals surface area (Å²) >= 11 is 1.98. The zero-order valence-corrected chi connectivity index (χ0v) is 25.1. The van der Waals surface area contributed by atoms with E-state index >= 15 is 0 Å². The Kier molecular flexibility index (Phi) is 8.23. The van der Waals surface area contributed by atoms with Gasteiger partial charge in [0.15, 0.2) is 6.61 Å². The highest BCUT2D eigenvalue weighted by Gasteiger charge is 2.55. The van der Waals surface area contributed by atoms with E-state index in [0.717, 1.165) is 50.7 Å². The lowest BCUT2D eigenvalue weighted by Gasteiger charge is -2.55. The molecule has 0 aromatic heterocycles. The van der Waals surface area contributed by atoms with Gasteiger partial charge in [0, 0.05) is 15.7 Å². The molecule has 43 heavy (non-hydrogen) atoms. The summed E-state index contributed by atoms with van der Waals surface area (Å²) in [6.45, 7) is -2.13. The number of nitro groups is 1. The number of carbonyl (C=O) groups excluding carboxylic acids is 3. The van der Waals surface area contributed by atoms with E-state index in [2.05, 4.69) is 4.74 Å². The number of rotatable bonds is 9. The summed E-state index contributed by atoms with van der Waals surface area (Å²) < 4.78 is 73.1. The number of esters is 3. The highest BCUT2D eigenvalue weighted by atomic mass is 127. The molecule has 4 aliphatic rings. The van der Waals surface area contributed by atoms with Crippen LogP contribution < -0.4 is 9.47 Å². The van der Waals surface area contributed by atoms with Crippen LogP contribution in [0.2, 0.25) is 0 Å². The fourth-order valence-electron chi connectivity index (χ4n) is 6.68. The van der Waals surface area contributed by atoms with Crippen LogP contribution in [-0.2, 0) is 19.6 Å². The van der Waals surface area contributed by atoms with E-state index in [1.54, 1.807) is 6.07 Å². The van der Waals surface area contributed by atoms with Gasteiger partial charge in [-0.05, 0) is 103 Å². The molecule has 0 aliphatic heterocycles. The van der Waals surface area contributed by atoms with Gasteiger partial charge in [-0.1, -0.05) is 0 Å². The first kappa shape index (κ1) is 31.2. The summed E-state index contributed by atoms with van der Waals surface area (Å²) in [5.41, 5.74) is -2.61. The summed E-state index contributed by atoms with van der Waals surface area (Å²) in [5, 5.41) is 6.53. The van der Waals surface area contributed by atoms with E-state index in [4.69, 9.17) is 14.0 Å². The number of carbonyl (C=O) groups is 3. The third kappa shape index (κ3) is 6.35. The molecule has 0 heterocycles. The standard InChI is InChI=1S/C27H24F2INO11S/c28-27(29,43(37,38)39)13-40-23(32)20-9-18(2-4-21(20)31(35)36)41-24(33)19-3-1-17(30)8-22(19)42-25(34)26-10-14-5-15(11-26)7-16(6-14)12-26/h1-4,8-9,14-16H,5-7,10-13H2,(H,37,38,39). The molecule has 230 valence electrons. The monoisotopic (exact) mass is 735 g/mol. The maximum atomic E-state index is 13.5. The van der Waals surface area contributed by atoms with Gasteiger partial charge in [0.2, 0.25) is 0 Å². The number of benzene rings is 2. The molecule has 0 amide bonds. The first-order valence-electron chi connectivity index (χ1n) is 13.1. The number of alkyl halides is 2. The van der Waals surface area contributed by atoms with Crippen molar-refractivity contribution < 1.29 is 55.3 Å². The molecule has 6 rings (SSSR count). The minimum atomic E-state index is -5.94. The molecule has 4 fully saturated rings. The Bertz CT molecular complexity index is 1590. The normalized spacial score (nSPS) is 24.3. The lowest BCUT2D eigenvalue weighted by molar-refractivity contribution is -0.385. The molecular formula is C27H24F2INO11S. The van der Waals surface area contributed by atoms with Gasteiger partial charge in [-0.25, -0.2) is 9.59 Å². The first-order valence-corrected chi connectivity index (χ1v) is 15.6. The second kappa shape index (κ2) is 11.4. The third-order valence-electron chi connectivity index (χ3n) is 8.18. The number of nitrogens with zero attached hydrogens (tertiary/aromatic N) is 1. The van der Waals surface area contributed by atoms with Gasteiger partial charge in [0.25, 0.3) is 5.69 Å². The van der Waals surface area contributed by atoms with E-state index in [1.165, 1.54) is 12.1 Å². The largest absolute Gasteiger partial charge is 0.454 e. The van der Waals surface area contributed by atoms with Gasteiger partial charge < -0.3 is 14.2 Å². The van der Waals surface area contributed by atoms with Gasteiger partial charge >= 0.3 is 33.3 Å². The Labute approximate surface area is 257 Å². The average Bonchev–Trinajstić information content (AvgIpc) is 2.90. The fraction of sp³-hybridized carbons (Fsp3) is 0.444. The zero-order valence-electron chi connectivity index (χ0n) is 22.2. The van der Waals surface area contributed by atoms with Crippen molar-refractivity contribution >= 4 is 56.3 Å². The summed E-state index contributed by atoms with van der Waals surface area (Å²) in [7, 11) is -5.94. The van der Waals surface area contributed by atoms with Crippen molar-refractivity contribution in [3.8, 4) is 11.5 Å². The predicted octanol–water partition coefficient (Wildman–Crippen LogP) is 5.18. The summed E-state index contributed by atoms with van der Waals surface area (Å²) in [5.74, 6) is -2.26. The second-order valence-corrected chi connectivity index (χ2v) is 14.0. The minimum absolute atomic E-state index is 0.0494. The lowest BCUT2D eigenvalue weighted by Crippen LogP contribution is -2.51. The number of halogens is 3. The van der Waals surface area contributed by atoms with Crippen molar-refractivity contribution in [3.05, 3.63) is 61.2 Å². The summed E-state index contributed by atoms with van der Waals surface area (Å²) in [6, 6.07) is 6.81. The number of ether oxygens (including phenoxy) is 3. The van der Waals surface area contributed by atoms with E-state index in [-0.39, 0.29) is 11.3 Å². The molecule has 0 spiro atoms. The van der Waals surface area contributed by atoms with Crippen molar-refractivity contribution in [2.24, 2.45) is 23.2 Å². The van der Waals surface area contributed by atoms with Gasteiger partial charge in [-0.15, -0.1) is 0 Å². The van der Waals surface area contributed by atoms with E-state index in [0.29, 0.717) is 27.4 Å². The molecule has 12 nitrogen and oxygen atoms in total. The third-order valence-corrected chi connectivity index (χ3v) is 9.72. The van der Waals surface area contributed by atoms with Gasteiger partial charge in [-0.3, -0.25) is 19.5 Å². The molecule has 2 aromatic rings. The zero-order chi connectivity index (χ0) is 31.3. The van der Waals surface area contributed by atoms with Crippen LogP contribution in [0.25, 0.3) is 0 Å². The molecule has 0 saturated heterocycles. The van der Waals surface area contributed by atoms with Crippen molar-refractivity contribution in [2.45, 2.75) is 43.8 Å². The summed E-state index contributed by atoms with van der Waals surface area (Å²) in [4.78, 5) is 49.5. The highest BCUT2D eigenvalue weighted by molar-refractivity contribution is 14.1. The molecule has 0 unspecified atom stereocenters. The van der Waals surface area contributed by atoms with Crippen LogP contribution in [0.5, 0.6) is 11.5 Å². The van der Waals surface area contributed by atoms with Gasteiger partial charge in [-0.2, -0.15) is 17.2 Å². The molecular weight excluding hydrogens is 711 g/mol. The number of hydrogen-bond donors (Lipinski definition) is 1. The number of nitro benzene ring substituents is 1. The van der Waals surface area contributed by atoms with Crippen LogP contribution >= 0.6 is 22.6 Å². The maximum Gasteiger partial charge on any atom is 0.402 e. The molecule has 4 saturated carbocycles. The minimum Gasteiger partial charge on any atom is -0.454 e. The molecule has 4 aliphatic carbocycles. The quantitative estimate of drug-likeness (QED) is 0.0897. The smallest absolute Gasteiger partial charge is 0.402 e. The van der Waals surface area contributed by atoms with Gasteiger partial charge in [0.05, 0.1) is 10.3 Å². The van der Waals surface area contributed by atoms with Crippen LogP contribution in [-0.4, -0.2) is 47.7 Å². The Balaban J connectivity index is 1.36. The van der Waals surface area contributed by atoms with Crippen LogP contribution in [0.4, 0.5) is 14.5 Å². The Morgan fingerprint density at radius 3 is 2.14 bits per heavy atom. The molecule has 4 bridgehead atoms. The van der Waals surface area contributed by atoms with Crippen molar-refractivity contribution in [3.63, 3.8) is 0 Å². The number of hydrogen-bond acceptors (Lipinski definition) is 10. The molecule has 0 radical (unpaired) electrons. The Morgan fingerprint density at radius 2 is 1.58 bits per heavy atom. The SMILES string of the molecule is O=C(Oc1ccc([N+](=O)[O-])c(C(=O)OCC(F)(F)S(=O)(=O)O)c1)c1ccc(I)cc1OC(=O)C12CC3CC(CC(C3)C1)C2. The average molecular weight is 735 g/mol. The van der Waals surface area contributed by atoms with Crippen molar-refractivity contribution in [2.75, 3.05) is 6.61 Å². The molecule has 16 heteroatoms. The molecule has 0 atom stereocenters. The highest BCUT2D eigenvalue weighted by Crippen LogP contribution is 2.60. The van der Waals surface area contributed by atoms with E-state index in [9.17, 15) is 41.7 Å². The van der Waals surface area contributed by atoms with E-state index < -0.39 is 67.2 Å². The fourth-order valence-corrected chi connectivity index (χ4v) is 7.35. The van der Waals surface area contributed by atoms with Crippen LogP contribution in [0.3, 0.4) is 0 Å².